The van der Waals surface area contributed by atoms with Crippen LogP contribution in [0, 0.1) is 11.8 Å². The largest absolute Gasteiger partial charge is 0.550 e. The Balaban J connectivity index is 2.55. The van der Waals surface area contributed by atoms with Gasteiger partial charge in [0.2, 0.25) is 0 Å². The van der Waals surface area contributed by atoms with Crippen molar-refractivity contribution in [2.75, 3.05) is 13.2 Å². The van der Waals surface area contributed by atoms with Gasteiger partial charge in [0.05, 0.1) is 12.5 Å². The molecule has 0 amide bonds. The first-order chi connectivity index (χ1) is 7.16. The summed E-state index contributed by atoms with van der Waals surface area (Å²) in [4.78, 5) is 22.2. The molecule has 0 heterocycles. The maximum absolute atomic E-state index is 11.4. The molecule has 5 heteroatoms. The number of esters is 1. The van der Waals surface area contributed by atoms with Crippen molar-refractivity contribution in [1.29, 1.82) is 0 Å². The van der Waals surface area contributed by atoms with Crippen molar-refractivity contribution in [3.05, 3.63) is 0 Å². The van der Waals surface area contributed by atoms with Crippen LogP contribution < -0.4 is 5.11 Å². The lowest BCUT2D eigenvalue weighted by Crippen LogP contribution is -2.41. The van der Waals surface area contributed by atoms with Crippen molar-refractivity contribution >= 4 is 11.9 Å². The molecule has 2 atom stereocenters. The summed E-state index contributed by atoms with van der Waals surface area (Å²) in [5.74, 6) is -3.04. The summed E-state index contributed by atoms with van der Waals surface area (Å²) >= 11 is 0. The van der Waals surface area contributed by atoms with Crippen molar-refractivity contribution in [3.63, 3.8) is 0 Å². The van der Waals surface area contributed by atoms with Crippen molar-refractivity contribution in [2.45, 2.75) is 25.7 Å². The minimum Gasteiger partial charge on any atom is -0.550 e. The molecule has 0 aliphatic heterocycles. The summed E-state index contributed by atoms with van der Waals surface area (Å²) in [6, 6.07) is 0. The average molecular weight is 215 g/mol. The Morgan fingerprint density at radius 2 is 1.87 bits per heavy atom. The van der Waals surface area contributed by atoms with Gasteiger partial charge in [-0.25, -0.2) is 0 Å². The van der Waals surface area contributed by atoms with Gasteiger partial charge in [-0.15, -0.1) is 0 Å². The summed E-state index contributed by atoms with van der Waals surface area (Å²) in [5.41, 5.74) is 0. The number of aliphatic hydroxyl groups is 1. The summed E-state index contributed by atoms with van der Waals surface area (Å²) in [7, 11) is 0. The highest BCUT2D eigenvalue weighted by Crippen LogP contribution is 2.30. The third-order valence-corrected chi connectivity index (χ3v) is 2.71. The summed E-state index contributed by atoms with van der Waals surface area (Å²) in [6.45, 7) is -0.316. The number of hydrogen-bond acceptors (Lipinski definition) is 5. The van der Waals surface area contributed by atoms with Crippen LogP contribution in [0.2, 0.25) is 0 Å². The molecule has 1 fully saturated rings. The van der Waals surface area contributed by atoms with Gasteiger partial charge in [0.15, 0.2) is 0 Å². The molecule has 0 aromatic carbocycles. The first-order valence-corrected chi connectivity index (χ1v) is 5.15. The lowest BCUT2D eigenvalue weighted by atomic mass is 9.79. The molecule has 0 radical (unpaired) electrons. The van der Waals surface area contributed by atoms with Gasteiger partial charge in [0, 0.05) is 11.9 Å². The molecule has 1 saturated carbocycles. The van der Waals surface area contributed by atoms with Crippen LogP contribution in [0.25, 0.3) is 0 Å². The van der Waals surface area contributed by atoms with Crippen molar-refractivity contribution in [2.24, 2.45) is 11.8 Å². The van der Waals surface area contributed by atoms with E-state index >= 15 is 0 Å². The number of carbonyl (C=O) groups is 2. The first-order valence-electron chi connectivity index (χ1n) is 5.15. The molecule has 86 valence electrons. The number of ether oxygens (including phenoxy) is 1. The number of aliphatic hydroxyl groups excluding tert-OH is 1. The summed E-state index contributed by atoms with van der Waals surface area (Å²) < 4.78 is 4.73. The Morgan fingerprint density at radius 3 is 2.40 bits per heavy atom. The third kappa shape index (κ3) is 3.20. The van der Waals surface area contributed by atoms with E-state index in [2.05, 4.69) is 0 Å². The predicted octanol–water partition coefficient (Wildman–Crippen LogP) is -0.922. The molecule has 0 spiro atoms. The van der Waals surface area contributed by atoms with E-state index in [9.17, 15) is 14.7 Å². The highest BCUT2D eigenvalue weighted by molar-refractivity contribution is 5.80. The van der Waals surface area contributed by atoms with Gasteiger partial charge in [-0.3, -0.25) is 4.79 Å². The Kier molecular flexibility index (Phi) is 4.55. The molecule has 0 saturated heterocycles. The normalized spacial score (nSPS) is 25.9. The third-order valence-electron chi connectivity index (χ3n) is 2.71. The maximum atomic E-state index is 11.4. The number of aliphatic carboxylic acids is 1. The van der Waals surface area contributed by atoms with Crippen LogP contribution in [0.3, 0.4) is 0 Å². The second kappa shape index (κ2) is 5.70. The minimum atomic E-state index is -1.18. The highest BCUT2D eigenvalue weighted by Gasteiger charge is 2.32. The Morgan fingerprint density at radius 1 is 1.27 bits per heavy atom. The summed E-state index contributed by atoms with van der Waals surface area (Å²) in [5, 5.41) is 19.3. The van der Waals surface area contributed by atoms with E-state index in [0.29, 0.717) is 12.8 Å². The van der Waals surface area contributed by atoms with Gasteiger partial charge >= 0.3 is 5.97 Å². The molecule has 0 bridgehead atoms. The van der Waals surface area contributed by atoms with Crippen LogP contribution in [0.1, 0.15) is 25.7 Å². The Labute approximate surface area is 88.0 Å². The van der Waals surface area contributed by atoms with Gasteiger partial charge in [-0.2, -0.15) is 0 Å². The van der Waals surface area contributed by atoms with Crippen LogP contribution in [0.5, 0.6) is 0 Å². The maximum Gasteiger partial charge on any atom is 0.309 e. The van der Waals surface area contributed by atoms with Gasteiger partial charge in [-0.1, -0.05) is 12.8 Å². The lowest BCUT2D eigenvalue weighted by molar-refractivity contribution is -0.314. The minimum absolute atomic E-state index is 0.0743. The van der Waals surface area contributed by atoms with Gasteiger partial charge in [0.25, 0.3) is 0 Å². The average Bonchev–Trinajstić information content (AvgIpc) is 2.25. The Bertz CT molecular complexity index is 238. The van der Waals surface area contributed by atoms with Crippen LogP contribution in [-0.4, -0.2) is 30.3 Å². The second-order valence-corrected chi connectivity index (χ2v) is 3.71. The monoisotopic (exact) mass is 215 g/mol. The molecule has 0 aromatic heterocycles. The second-order valence-electron chi connectivity index (χ2n) is 3.71. The lowest BCUT2D eigenvalue weighted by Gasteiger charge is -2.30. The SMILES string of the molecule is O=C([O-])[C@H]1CCCC[C@H]1C(=O)OCCO. The molecular formula is C10H15O5-. The number of carboxylic acid groups (broad SMARTS) is 1. The fourth-order valence-corrected chi connectivity index (χ4v) is 1.95. The number of carboxylic acids is 1. The van der Waals surface area contributed by atoms with Gasteiger partial charge in [-0.05, 0) is 12.8 Å². The van der Waals surface area contributed by atoms with E-state index in [0.717, 1.165) is 12.8 Å². The van der Waals surface area contributed by atoms with Crippen molar-refractivity contribution in [1.82, 2.24) is 0 Å². The van der Waals surface area contributed by atoms with Gasteiger partial charge in [0.1, 0.15) is 6.61 Å². The quantitative estimate of drug-likeness (QED) is 0.613. The standard InChI is InChI=1S/C10H16O5/c11-5-6-15-10(14)8-4-2-1-3-7(8)9(12)13/h7-8,11H,1-6H2,(H,12,13)/p-1/t7-,8+/m0/s1. The van der Waals surface area contributed by atoms with E-state index < -0.39 is 23.8 Å². The zero-order valence-corrected chi connectivity index (χ0v) is 8.48. The molecule has 5 nitrogen and oxygen atoms in total. The molecule has 15 heavy (non-hydrogen) atoms. The Hall–Kier alpha value is -1.10. The number of rotatable bonds is 4. The molecule has 1 rings (SSSR count). The predicted molar refractivity (Wildman–Crippen MR) is 48.5 cm³/mol. The van der Waals surface area contributed by atoms with Crippen LogP contribution in [0.15, 0.2) is 0 Å². The van der Waals surface area contributed by atoms with Crippen LogP contribution in [0.4, 0.5) is 0 Å². The topological polar surface area (TPSA) is 86.7 Å². The first kappa shape index (κ1) is 12.0. The highest BCUT2D eigenvalue weighted by atomic mass is 16.5. The molecule has 0 unspecified atom stereocenters. The van der Waals surface area contributed by atoms with E-state index in [4.69, 9.17) is 9.84 Å². The van der Waals surface area contributed by atoms with Crippen molar-refractivity contribution in [3.8, 4) is 0 Å². The zero-order chi connectivity index (χ0) is 11.3. The molecule has 1 aliphatic rings. The zero-order valence-electron chi connectivity index (χ0n) is 8.48. The molecule has 0 aromatic rings. The van der Waals surface area contributed by atoms with Crippen LogP contribution >= 0.6 is 0 Å². The molecular weight excluding hydrogens is 200 g/mol. The van der Waals surface area contributed by atoms with E-state index in [-0.39, 0.29) is 13.2 Å². The number of hydrogen-bond donors (Lipinski definition) is 1. The smallest absolute Gasteiger partial charge is 0.309 e. The fourth-order valence-electron chi connectivity index (χ4n) is 1.95. The van der Waals surface area contributed by atoms with Crippen molar-refractivity contribution < 1.29 is 24.5 Å². The van der Waals surface area contributed by atoms with E-state index in [1.807, 2.05) is 0 Å². The fraction of sp³-hybridized carbons (Fsp3) is 0.800. The summed E-state index contributed by atoms with van der Waals surface area (Å²) in [6.07, 6.45) is 2.65. The molecule has 1 N–H and O–H groups in total. The van der Waals surface area contributed by atoms with Crippen LogP contribution in [-0.2, 0) is 14.3 Å². The van der Waals surface area contributed by atoms with E-state index in [1.54, 1.807) is 0 Å². The van der Waals surface area contributed by atoms with E-state index in [1.165, 1.54) is 0 Å². The number of carbonyl (C=O) groups excluding carboxylic acids is 2. The molecule has 1 aliphatic carbocycles. The van der Waals surface area contributed by atoms with Gasteiger partial charge < -0.3 is 19.7 Å².